The van der Waals surface area contributed by atoms with Gasteiger partial charge in [0.1, 0.15) is 18.2 Å². The highest BCUT2D eigenvalue weighted by molar-refractivity contribution is 9.10. The minimum Gasteiger partial charge on any atom is -0.488 e. The highest BCUT2D eigenvalue weighted by Gasteiger charge is 2.36. The third-order valence-corrected chi connectivity index (χ3v) is 7.53. The fourth-order valence-corrected chi connectivity index (χ4v) is 5.39. The first-order valence-corrected chi connectivity index (χ1v) is 13.0. The molecule has 0 N–H and O–H groups in total. The molecule has 180 valence electrons. The average molecular weight is 583 g/mol. The number of halogens is 3. The number of amides is 2. The summed E-state index contributed by atoms with van der Waals surface area (Å²) in [4.78, 5) is 26.9. The van der Waals surface area contributed by atoms with Gasteiger partial charge in [-0.2, -0.15) is 0 Å². The Morgan fingerprint density at radius 3 is 2.61 bits per heavy atom. The lowest BCUT2D eigenvalue weighted by molar-refractivity contribution is -0.123. The Bertz CT molecular complexity index is 1520. The Hall–Kier alpha value is -3.13. The summed E-state index contributed by atoms with van der Waals surface area (Å²) >= 11 is 10.4. The quantitative estimate of drug-likeness (QED) is 0.215. The Balaban J connectivity index is 1.40. The summed E-state index contributed by atoms with van der Waals surface area (Å²) in [6.45, 7) is 0.0908. The molecule has 4 aromatic rings. The topological polar surface area (TPSA) is 46.6 Å². The number of nitrogens with zero attached hydrogens (tertiary/aromatic N) is 1. The van der Waals surface area contributed by atoms with E-state index in [0.717, 1.165) is 37.5 Å². The summed E-state index contributed by atoms with van der Waals surface area (Å²) in [5.74, 6) is -0.513. The first-order chi connectivity index (χ1) is 17.4. The van der Waals surface area contributed by atoms with E-state index in [0.29, 0.717) is 17.9 Å². The van der Waals surface area contributed by atoms with Crippen molar-refractivity contribution in [3.63, 3.8) is 0 Å². The van der Waals surface area contributed by atoms with E-state index in [9.17, 15) is 14.0 Å². The molecule has 0 bridgehead atoms. The maximum atomic E-state index is 14.2. The Morgan fingerprint density at radius 2 is 1.78 bits per heavy atom. The zero-order valence-corrected chi connectivity index (χ0v) is 21.9. The van der Waals surface area contributed by atoms with E-state index < -0.39 is 17.0 Å². The highest BCUT2D eigenvalue weighted by atomic mass is 79.9. The molecule has 0 atom stereocenters. The van der Waals surface area contributed by atoms with Gasteiger partial charge < -0.3 is 4.74 Å². The molecular formula is C28H18BrClFNO3S. The summed E-state index contributed by atoms with van der Waals surface area (Å²) < 4.78 is 21.2. The maximum Gasteiger partial charge on any atom is 0.293 e. The number of imide groups is 1. The van der Waals surface area contributed by atoms with Gasteiger partial charge in [0.25, 0.3) is 11.1 Å². The molecule has 0 aromatic heterocycles. The molecule has 0 aliphatic carbocycles. The summed E-state index contributed by atoms with van der Waals surface area (Å²) in [6.07, 6.45) is 1.62. The Kier molecular flexibility index (Phi) is 7.14. The molecule has 1 aliphatic rings. The van der Waals surface area contributed by atoms with E-state index in [2.05, 4.69) is 28.1 Å². The van der Waals surface area contributed by atoms with Crippen molar-refractivity contribution in [1.29, 1.82) is 0 Å². The van der Waals surface area contributed by atoms with Crippen LogP contribution in [-0.2, 0) is 17.9 Å². The minimum absolute atomic E-state index is 0.101. The number of rotatable bonds is 6. The lowest BCUT2D eigenvalue weighted by atomic mass is 10.1. The number of carbonyl (C=O) groups is 2. The maximum absolute atomic E-state index is 14.2. The number of carbonyl (C=O) groups excluding carboxylic acids is 2. The molecule has 0 radical (unpaired) electrons. The van der Waals surface area contributed by atoms with Crippen molar-refractivity contribution < 1.29 is 18.7 Å². The van der Waals surface area contributed by atoms with Crippen LogP contribution in [0.3, 0.4) is 0 Å². The van der Waals surface area contributed by atoms with Crippen LogP contribution >= 0.6 is 39.3 Å². The molecule has 8 heteroatoms. The summed E-state index contributed by atoms with van der Waals surface area (Å²) in [7, 11) is 0. The van der Waals surface area contributed by atoms with Crippen LogP contribution in [0.25, 0.3) is 16.8 Å². The smallest absolute Gasteiger partial charge is 0.293 e. The van der Waals surface area contributed by atoms with Crippen LogP contribution < -0.4 is 4.74 Å². The van der Waals surface area contributed by atoms with Gasteiger partial charge in [0.05, 0.1) is 11.4 Å². The van der Waals surface area contributed by atoms with Crippen molar-refractivity contribution >= 4 is 67.3 Å². The summed E-state index contributed by atoms with van der Waals surface area (Å²) in [6, 6.07) is 23.9. The first kappa shape index (κ1) is 24.6. The lowest BCUT2D eigenvalue weighted by Crippen LogP contribution is -2.28. The molecule has 2 amide bonds. The molecule has 0 unspecified atom stereocenters. The van der Waals surface area contributed by atoms with E-state index in [4.69, 9.17) is 16.3 Å². The molecule has 1 heterocycles. The zero-order valence-electron chi connectivity index (χ0n) is 18.7. The van der Waals surface area contributed by atoms with Gasteiger partial charge in [0, 0.05) is 20.6 Å². The van der Waals surface area contributed by atoms with Gasteiger partial charge in [-0.15, -0.1) is 0 Å². The van der Waals surface area contributed by atoms with Gasteiger partial charge >= 0.3 is 0 Å². The molecule has 0 spiro atoms. The van der Waals surface area contributed by atoms with Gasteiger partial charge in [-0.1, -0.05) is 76.1 Å². The van der Waals surface area contributed by atoms with E-state index in [-0.39, 0.29) is 22.0 Å². The predicted octanol–water partition coefficient (Wildman–Crippen LogP) is 8.21. The third-order valence-electron chi connectivity index (χ3n) is 5.77. The standard InChI is InChI=1S/C28H18BrClFNO3S/c29-20-11-12-25(35-16-18-7-3-6-17-5-1-2-8-21(17)18)19(13-20)14-26-27(33)32(28(34)36-26)15-22-23(30)9-4-10-24(22)31/h1-14H,15-16H2/b26-14-. The third kappa shape index (κ3) is 5.05. The van der Waals surface area contributed by atoms with Gasteiger partial charge in [-0.25, -0.2) is 4.39 Å². The van der Waals surface area contributed by atoms with Gasteiger partial charge in [0.15, 0.2) is 0 Å². The van der Waals surface area contributed by atoms with Crippen molar-refractivity contribution in [2.45, 2.75) is 13.2 Å². The molecule has 4 aromatic carbocycles. The van der Waals surface area contributed by atoms with Crippen LogP contribution in [0.15, 0.2) is 88.2 Å². The van der Waals surface area contributed by atoms with Crippen LogP contribution in [0.1, 0.15) is 16.7 Å². The number of ether oxygens (including phenoxy) is 1. The summed E-state index contributed by atoms with van der Waals surface area (Å²) in [5, 5.41) is 1.90. The molecular weight excluding hydrogens is 565 g/mol. The molecule has 5 rings (SSSR count). The van der Waals surface area contributed by atoms with Crippen molar-refractivity contribution in [2.75, 3.05) is 0 Å². The van der Waals surface area contributed by atoms with Gasteiger partial charge in [-0.05, 0) is 64.5 Å². The van der Waals surface area contributed by atoms with Crippen LogP contribution in [-0.4, -0.2) is 16.0 Å². The van der Waals surface area contributed by atoms with Gasteiger partial charge in [-0.3, -0.25) is 14.5 Å². The van der Waals surface area contributed by atoms with Crippen LogP contribution in [0.4, 0.5) is 9.18 Å². The highest BCUT2D eigenvalue weighted by Crippen LogP contribution is 2.37. The number of thioether (sulfide) groups is 1. The fourth-order valence-electron chi connectivity index (χ4n) is 3.96. The minimum atomic E-state index is -0.568. The second-order valence-electron chi connectivity index (χ2n) is 8.08. The SMILES string of the molecule is O=C1S/C(=C\c2cc(Br)ccc2OCc2cccc3ccccc23)C(=O)N1Cc1c(F)cccc1Cl. The molecule has 1 saturated heterocycles. The first-order valence-electron chi connectivity index (χ1n) is 11.0. The van der Waals surface area contributed by atoms with Crippen molar-refractivity contribution in [1.82, 2.24) is 4.90 Å². The zero-order chi connectivity index (χ0) is 25.2. The average Bonchev–Trinajstić information content (AvgIpc) is 3.13. The van der Waals surface area contributed by atoms with Crippen molar-refractivity contribution in [3.8, 4) is 5.75 Å². The molecule has 36 heavy (non-hydrogen) atoms. The lowest BCUT2D eigenvalue weighted by Gasteiger charge is -2.14. The van der Waals surface area contributed by atoms with Crippen LogP contribution in [0.2, 0.25) is 5.02 Å². The second-order valence-corrected chi connectivity index (χ2v) is 10.4. The van der Waals surface area contributed by atoms with Crippen LogP contribution in [0, 0.1) is 5.82 Å². The number of fused-ring (bicyclic) bond motifs is 1. The number of benzene rings is 4. The van der Waals surface area contributed by atoms with Gasteiger partial charge in [0.2, 0.25) is 0 Å². The fraction of sp³-hybridized carbons (Fsp3) is 0.0714. The molecule has 4 nitrogen and oxygen atoms in total. The van der Waals surface area contributed by atoms with E-state index in [1.807, 2.05) is 48.5 Å². The van der Waals surface area contributed by atoms with Crippen molar-refractivity contribution in [3.05, 3.63) is 116 Å². The van der Waals surface area contributed by atoms with E-state index in [1.165, 1.54) is 18.2 Å². The second kappa shape index (κ2) is 10.5. The Morgan fingerprint density at radius 1 is 1.00 bits per heavy atom. The largest absolute Gasteiger partial charge is 0.488 e. The van der Waals surface area contributed by atoms with Crippen molar-refractivity contribution in [2.24, 2.45) is 0 Å². The van der Waals surface area contributed by atoms with Crippen LogP contribution in [0.5, 0.6) is 5.75 Å². The Labute approximate surface area is 224 Å². The monoisotopic (exact) mass is 581 g/mol. The molecule has 0 saturated carbocycles. The van der Waals surface area contributed by atoms with E-state index >= 15 is 0 Å². The molecule has 1 aliphatic heterocycles. The normalized spacial score (nSPS) is 14.8. The predicted molar refractivity (Wildman–Crippen MR) is 145 cm³/mol. The number of hydrogen-bond acceptors (Lipinski definition) is 4. The number of hydrogen-bond donors (Lipinski definition) is 0. The van der Waals surface area contributed by atoms with E-state index in [1.54, 1.807) is 6.08 Å². The summed E-state index contributed by atoms with van der Waals surface area (Å²) in [5.41, 5.74) is 1.77. The molecule has 1 fully saturated rings.